The van der Waals surface area contributed by atoms with Gasteiger partial charge >= 0.3 is 5.97 Å². The lowest BCUT2D eigenvalue weighted by Crippen LogP contribution is -2.38. The van der Waals surface area contributed by atoms with Crippen molar-refractivity contribution in [2.75, 3.05) is 26.2 Å². The zero-order valence-electron chi connectivity index (χ0n) is 10.7. The second kappa shape index (κ2) is 6.18. The lowest BCUT2D eigenvalue weighted by molar-refractivity contribution is -0.142. The van der Waals surface area contributed by atoms with Crippen molar-refractivity contribution >= 4 is 11.9 Å². The summed E-state index contributed by atoms with van der Waals surface area (Å²) in [5, 5.41) is 12.2. The molecule has 1 amide bonds. The highest BCUT2D eigenvalue weighted by Crippen LogP contribution is 2.31. The number of amides is 1. The van der Waals surface area contributed by atoms with Crippen LogP contribution >= 0.6 is 0 Å². The molecular formula is C13H22N2O3. The number of likely N-dealkylation sites (tertiary alicyclic amines) is 1. The Bertz CT molecular complexity index is 313. The third-order valence-electron chi connectivity index (χ3n) is 4.12. The van der Waals surface area contributed by atoms with E-state index >= 15 is 0 Å². The first-order chi connectivity index (χ1) is 8.68. The zero-order chi connectivity index (χ0) is 13.0. The molecule has 2 rings (SSSR count). The Hall–Kier alpha value is -1.10. The van der Waals surface area contributed by atoms with Gasteiger partial charge in [-0.1, -0.05) is 6.42 Å². The number of carbonyl (C=O) groups is 2. The average Bonchev–Trinajstić information content (AvgIpc) is 2.99. The smallest absolute Gasteiger partial charge is 0.306 e. The molecule has 0 aromatic heterocycles. The number of carbonyl (C=O) groups excluding carboxylic acids is 1. The molecule has 1 heterocycles. The molecule has 2 N–H and O–H groups in total. The summed E-state index contributed by atoms with van der Waals surface area (Å²) in [5.41, 5.74) is 0. The number of carboxylic acid groups (broad SMARTS) is 1. The standard InChI is InChI=1S/C13H22N2O3/c16-12(15-6-1-2-7-15)9-14-8-10-4-3-5-11(10)13(17)18/h10-11,14H,1-9H2,(H,17,18). The summed E-state index contributed by atoms with van der Waals surface area (Å²) in [4.78, 5) is 24.7. The molecular weight excluding hydrogens is 232 g/mol. The van der Waals surface area contributed by atoms with Crippen LogP contribution in [-0.4, -0.2) is 48.1 Å². The molecule has 0 spiro atoms. The van der Waals surface area contributed by atoms with Crippen LogP contribution in [0.15, 0.2) is 0 Å². The molecule has 1 saturated carbocycles. The van der Waals surface area contributed by atoms with Crippen molar-refractivity contribution in [3.8, 4) is 0 Å². The van der Waals surface area contributed by atoms with Crippen LogP contribution in [0, 0.1) is 11.8 Å². The summed E-state index contributed by atoms with van der Waals surface area (Å²) in [7, 11) is 0. The molecule has 2 aliphatic rings. The Labute approximate surface area is 108 Å². The van der Waals surface area contributed by atoms with Gasteiger partial charge in [0, 0.05) is 13.1 Å². The number of nitrogens with zero attached hydrogens (tertiary/aromatic N) is 1. The molecule has 1 aliphatic heterocycles. The number of hydrogen-bond acceptors (Lipinski definition) is 3. The van der Waals surface area contributed by atoms with Gasteiger partial charge < -0.3 is 15.3 Å². The molecule has 1 saturated heterocycles. The molecule has 0 aromatic carbocycles. The second-order valence-corrected chi connectivity index (χ2v) is 5.35. The van der Waals surface area contributed by atoms with Crippen LogP contribution in [-0.2, 0) is 9.59 Å². The van der Waals surface area contributed by atoms with Crippen molar-refractivity contribution in [3.63, 3.8) is 0 Å². The Balaban J connectivity index is 1.68. The van der Waals surface area contributed by atoms with Gasteiger partial charge in [0.05, 0.1) is 12.5 Å². The van der Waals surface area contributed by atoms with Crippen LogP contribution < -0.4 is 5.32 Å². The van der Waals surface area contributed by atoms with Gasteiger partial charge in [0.1, 0.15) is 0 Å². The van der Waals surface area contributed by atoms with E-state index in [9.17, 15) is 9.59 Å². The van der Waals surface area contributed by atoms with Gasteiger partial charge in [-0.25, -0.2) is 0 Å². The normalized spacial score (nSPS) is 27.7. The molecule has 2 atom stereocenters. The number of nitrogens with one attached hydrogen (secondary N) is 1. The maximum atomic E-state index is 11.8. The average molecular weight is 254 g/mol. The minimum absolute atomic E-state index is 0.150. The fourth-order valence-electron chi connectivity index (χ4n) is 3.05. The van der Waals surface area contributed by atoms with Crippen molar-refractivity contribution < 1.29 is 14.7 Å². The molecule has 2 unspecified atom stereocenters. The first kappa shape index (κ1) is 13.3. The molecule has 1 aliphatic carbocycles. The van der Waals surface area contributed by atoms with E-state index < -0.39 is 5.97 Å². The van der Waals surface area contributed by atoms with Gasteiger partial charge in [-0.2, -0.15) is 0 Å². The second-order valence-electron chi connectivity index (χ2n) is 5.35. The van der Waals surface area contributed by atoms with Gasteiger partial charge in [0.25, 0.3) is 0 Å². The van der Waals surface area contributed by atoms with Crippen LogP contribution in [0.4, 0.5) is 0 Å². The van der Waals surface area contributed by atoms with Crippen LogP contribution in [0.25, 0.3) is 0 Å². The molecule has 0 aromatic rings. The van der Waals surface area contributed by atoms with E-state index in [-0.39, 0.29) is 17.7 Å². The summed E-state index contributed by atoms with van der Waals surface area (Å²) in [6, 6.07) is 0. The van der Waals surface area contributed by atoms with Gasteiger partial charge in [0.15, 0.2) is 0 Å². The molecule has 18 heavy (non-hydrogen) atoms. The third kappa shape index (κ3) is 3.22. The number of rotatable bonds is 5. The van der Waals surface area contributed by atoms with Crippen LogP contribution in [0.1, 0.15) is 32.1 Å². The molecule has 5 nitrogen and oxygen atoms in total. The maximum Gasteiger partial charge on any atom is 0.306 e. The van der Waals surface area contributed by atoms with E-state index in [0.717, 1.165) is 45.2 Å². The quantitative estimate of drug-likeness (QED) is 0.757. The number of carboxylic acids is 1. The van der Waals surface area contributed by atoms with Crippen LogP contribution in [0.2, 0.25) is 0 Å². The predicted molar refractivity (Wildman–Crippen MR) is 67.2 cm³/mol. The Kier molecular flexibility index (Phi) is 4.58. The fraction of sp³-hybridized carbons (Fsp3) is 0.846. The van der Waals surface area contributed by atoms with Crippen molar-refractivity contribution in [2.45, 2.75) is 32.1 Å². The van der Waals surface area contributed by atoms with Gasteiger partial charge in [0.2, 0.25) is 5.91 Å². The Morgan fingerprint density at radius 2 is 1.89 bits per heavy atom. The summed E-state index contributed by atoms with van der Waals surface area (Å²) in [6.07, 6.45) is 4.94. The van der Waals surface area contributed by atoms with Crippen LogP contribution in [0.3, 0.4) is 0 Å². The Morgan fingerprint density at radius 1 is 1.17 bits per heavy atom. The third-order valence-corrected chi connectivity index (χ3v) is 4.12. The van der Waals surface area contributed by atoms with Crippen molar-refractivity contribution in [1.29, 1.82) is 0 Å². The molecule has 2 fully saturated rings. The van der Waals surface area contributed by atoms with E-state index in [1.165, 1.54) is 0 Å². The topological polar surface area (TPSA) is 69.6 Å². The van der Waals surface area contributed by atoms with Crippen LogP contribution in [0.5, 0.6) is 0 Å². The highest BCUT2D eigenvalue weighted by molar-refractivity contribution is 5.78. The summed E-state index contributed by atoms with van der Waals surface area (Å²) >= 11 is 0. The highest BCUT2D eigenvalue weighted by Gasteiger charge is 2.32. The summed E-state index contributed by atoms with van der Waals surface area (Å²) < 4.78 is 0. The van der Waals surface area contributed by atoms with E-state index in [2.05, 4.69) is 5.32 Å². The van der Waals surface area contributed by atoms with Crippen molar-refractivity contribution in [2.24, 2.45) is 11.8 Å². The largest absolute Gasteiger partial charge is 0.481 e. The molecule has 0 radical (unpaired) electrons. The number of aliphatic carboxylic acids is 1. The lowest BCUT2D eigenvalue weighted by atomic mass is 9.96. The highest BCUT2D eigenvalue weighted by atomic mass is 16.4. The molecule has 0 bridgehead atoms. The first-order valence-corrected chi connectivity index (χ1v) is 6.90. The van der Waals surface area contributed by atoms with E-state index in [1.807, 2.05) is 4.90 Å². The fourth-order valence-corrected chi connectivity index (χ4v) is 3.05. The van der Waals surface area contributed by atoms with E-state index in [0.29, 0.717) is 13.1 Å². The van der Waals surface area contributed by atoms with E-state index in [4.69, 9.17) is 5.11 Å². The monoisotopic (exact) mass is 254 g/mol. The first-order valence-electron chi connectivity index (χ1n) is 6.90. The predicted octanol–water partition coefficient (Wildman–Crippen LogP) is 0.699. The number of hydrogen-bond donors (Lipinski definition) is 2. The van der Waals surface area contributed by atoms with Crippen molar-refractivity contribution in [1.82, 2.24) is 10.2 Å². The minimum Gasteiger partial charge on any atom is -0.481 e. The van der Waals surface area contributed by atoms with E-state index in [1.54, 1.807) is 0 Å². The molecule has 102 valence electrons. The van der Waals surface area contributed by atoms with Crippen molar-refractivity contribution in [3.05, 3.63) is 0 Å². The Morgan fingerprint density at radius 3 is 2.56 bits per heavy atom. The zero-order valence-corrected chi connectivity index (χ0v) is 10.7. The van der Waals surface area contributed by atoms with Gasteiger partial charge in [-0.3, -0.25) is 9.59 Å². The SMILES string of the molecule is O=C(O)C1CCCC1CNCC(=O)N1CCCC1. The summed E-state index contributed by atoms with van der Waals surface area (Å²) in [5.74, 6) is -0.573. The van der Waals surface area contributed by atoms with Gasteiger partial charge in [-0.05, 0) is 38.1 Å². The maximum absolute atomic E-state index is 11.8. The minimum atomic E-state index is -0.690. The summed E-state index contributed by atoms with van der Waals surface area (Å²) in [6.45, 7) is 2.75. The van der Waals surface area contributed by atoms with Gasteiger partial charge in [-0.15, -0.1) is 0 Å². The molecule has 5 heteroatoms. The lowest BCUT2D eigenvalue weighted by Gasteiger charge is -2.18.